The molecule has 0 radical (unpaired) electrons. The molecule has 2 aromatic carbocycles. The monoisotopic (exact) mass is 1060 g/mol. The molecule has 0 unspecified atom stereocenters. The van der Waals surface area contributed by atoms with Gasteiger partial charge in [-0.05, 0) is 98.8 Å². The number of benzene rings is 2. The second-order valence-electron chi connectivity index (χ2n) is 18.0. The average molecular weight is 1060 g/mol. The lowest BCUT2D eigenvalue weighted by Gasteiger charge is -2.30. The molecule has 1 aliphatic rings. The largest absolute Gasteiger partial charge is 0.508 e. The van der Waals surface area contributed by atoms with Crippen molar-refractivity contribution in [3.8, 4) is 11.5 Å². The molecule has 25 nitrogen and oxygen atoms in total. The number of phenols is 2. The molecule has 1 fully saturated rings. The molecule has 74 heavy (non-hydrogen) atoms. The van der Waals surface area contributed by atoms with Gasteiger partial charge in [0.05, 0.1) is 12.6 Å². The number of aliphatic carboxylic acids is 3. The van der Waals surface area contributed by atoms with Crippen LogP contribution in [0.2, 0.25) is 0 Å². The van der Waals surface area contributed by atoms with E-state index in [9.17, 15) is 78.3 Å². The molecular formula is C48H67N9O16S. The van der Waals surface area contributed by atoms with Crippen molar-refractivity contribution < 1.29 is 78.3 Å². The topological polar surface area (TPSA) is 402 Å². The van der Waals surface area contributed by atoms with Gasteiger partial charge in [-0.3, -0.25) is 47.9 Å². The highest BCUT2D eigenvalue weighted by atomic mass is 32.2. The number of carboxylic acid groups (broad SMARTS) is 3. The highest BCUT2D eigenvalue weighted by molar-refractivity contribution is 7.98. The number of amides is 8. The minimum atomic E-state index is -1.61. The van der Waals surface area contributed by atoms with Crippen molar-refractivity contribution in [3.63, 3.8) is 0 Å². The predicted molar refractivity (Wildman–Crippen MR) is 266 cm³/mol. The third-order valence-electron chi connectivity index (χ3n) is 11.8. The first kappa shape index (κ1) is 60.8. The third kappa shape index (κ3) is 20.2. The SMILES string of the molecule is CSCC[C@H](NC(=O)CNC(=O)[C@H](CCC(=O)O)NC(=O)[C@@H](NC(=O)[C@H](Cc1ccc(O)cc1)NC(=O)[C@H](CCC(=O)O)NC(=O)[C@@H]1CCCN1C(=O)[C@H](C)NC(=O)[C@@H](N)Cc1ccc(O)cc1)C(C)C)C(=O)O. The summed E-state index contributed by atoms with van der Waals surface area (Å²) in [5.41, 5.74) is 7.13. The van der Waals surface area contributed by atoms with Crippen LogP contribution < -0.4 is 43.0 Å². The van der Waals surface area contributed by atoms with Crippen LogP contribution in [-0.4, -0.2) is 169 Å². The van der Waals surface area contributed by atoms with Crippen molar-refractivity contribution >= 4 is 76.9 Å². The number of aromatic hydroxyl groups is 2. The van der Waals surface area contributed by atoms with Crippen molar-refractivity contribution in [2.45, 2.75) is 127 Å². The number of phenolic OH excluding ortho intramolecular Hbond substituents is 2. The lowest BCUT2D eigenvalue weighted by atomic mass is 9.99. The fourth-order valence-electron chi connectivity index (χ4n) is 7.68. The molecular weight excluding hydrogens is 991 g/mol. The van der Waals surface area contributed by atoms with Gasteiger partial charge >= 0.3 is 17.9 Å². The zero-order chi connectivity index (χ0) is 55.2. The van der Waals surface area contributed by atoms with Crippen LogP contribution in [0.5, 0.6) is 11.5 Å². The lowest BCUT2D eigenvalue weighted by Crippen LogP contribution is -2.60. The summed E-state index contributed by atoms with van der Waals surface area (Å²) in [6.07, 6.45) is -0.0816. The van der Waals surface area contributed by atoms with Crippen LogP contribution in [0.4, 0.5) is 0 Å². The van der Waals surface area contributed by atoms with Gasteiger partial charge in [0, 0.05) is 25.8 Å². The summed E-state index contributed by atoms with van der Waals surface area (Å²) in [6, 6.07) is 0.700. The number of carboxylic acids is 3. The van der Waals surface area contributed by atoms with Gasteiger partial charge in [-0.25, -0.2) is 4.79 Å². The van der Waals surface area contributed by atoms with E-state index in [0.717, 1.165) is 0 Å². The predicted octanol–water partition coefficient (Wildman–Crippen LogP) is -1.53. The normalized spacial score (nSPS) is 15.9. The summed E-state index contributed by atoms with van der Waals surface area (Å²) in [5.74, 6) is -11.4. The van der Waals surface area contributed by atoms with E-state index in [-0.39, 0.29) is 43.7 Å². The first-order chi connectivity index (χ1) is 34.9. The number of nitrogens with two attached hydrogens (primary N) is 1. The lowest BCUT2D eigenvalue weighted by molar-refractivity contribution is -0.142. The van der Waals surface area contributed by atoms with E-state index < -0.39 is 152 Å². The Bertz CT molecular complexity index is 2320. The first-order valence-electron chi connectivity index (χ1n) is 23.8. The maximum Gasteiger partial charge on any atom is 0.326 e. The number of rotatable bonds is 30. The number of carbonyl (C=O) groups is 11. The van der Waals surface area contributed by atoms with Crippen molar-refractivity contribution in [2.75, 3.05) is 25.1 Å². The Morgan fingerprint density at radius 1 is 0.635 bits per heavy atom. The van der Waals surface area contributed by atoms with Gasteiger partial charge < -0.3 is 73.4 Å². The Labute approximate surface area is 430 Å². The van der Waals surface area contributed by atoms with E-state index in [1.807, 2.05) is 0 Å². The Kier molecular flexibility index (Phi) is 24.6. The molecule has 406 valence electrons. The fourth-order valence-corrected chi connectivity index (χ4v) is 8.15. The molecule has 14 N–H and O–H groups in total. The standard InChI is InChI=1S/C48H67N9O16S/c1-25(2)40(46(70)54-32(15-17-38(61)62)42(66)50-24-37(60)52-34(48(72)73)19-21-74-4)56-44(68)35(23-28-9-13-30(59)14-10-28)55-43(67)33(16-18-39(63)64)53-45(69)36-6-5-20-57(36)47(71)26(3)51-41(65)31(49)22-27-7-11-29(58)12-8-27/h7-14,25-26,31-36,40,58-59H,5-6,15-24,49H2,1-4H3,(H,50,66)(H,51,65)(H,52,60)(H,53,69)(H,54,70)(H,55,67)(H,56,68)(H,61,62)(H,63,64)(H,72,73)/t26-,31-,32-,33-,34-,35-,36-,40-/m0/s1. The summed E-state index contributed by atoms with van der Waals surface area (Å²) in [7, 11) is 0. The van der Waals surface area contributed by atoms with E-state index in [0.29, 0.717) is 23.3 Å². The van der Waals surface area contributed by atoms with Crippen LogP contribution in [-0.2, 0) is 65.6 Å². The highest BCUT2D eigenvalue weighted by Gasteiger charge is 2.39. The molecule has 0 bridgehead atoms. The first-order valence-corrected chi connectivity index (χ1v) is 25.2. The van der Waals surface area contributed by atoms with Crippen LogP contribution in [0.25, 0.3) is 0 Å². The van der Waals surface area contributed by atoms with Gasteiger partial charge in [0.1, 0.15) is 53.8 Å². The Balaban J connectivity index is 1.81. The second kappa shape index (κ2) is 29.9. The van der Waals surface area contributed by atoms with E-state index in [4.69, 9.17) is 5.73 Å². The number of nitrogens with zero attached hydrogens (tertiary/aromatic N) is 1. The Morgan fingerprint density at radius 2 is 1.16 bits per heavy atom. The molecule has 8 atom stereocenters. The van der Waals surface area contributed by atoms with Gasteiger partial charge in [0.15, 0.2) is 0 Å². The van der Waals surface area contributed by atoms with Crippen LogP contribution in [0.3, 0.4) is 0 Å². The van der Waals surface area contributed by atoms with Crippen molar-refractivity contribution in [3.05, 3.63) is 59.7 Å². The minimum Gasteiger partial charge on any atom is -0.508 e. The van der Waals surface area contributed by atoms with Crippen LogP contribution in [0.1, 0.15) is 76.8 Å². The summed E-state index contributed by atoms with van der Waals surface area (Å²) >= 11 is 1.35. The van der Waals surface area contributed by atoms with Crippen LogP contribution in [0.15, 0.2) is 48.5 Å². The average Bonchev–Trinajstić information content (AvgIpc) is 3.84. The van der Waals surface area contributed by atoms with E-state index in [1.54, 1.807) is 18.4 Å². The number of likely N-dealkylation sites (tertiary alicyclic amines) is 1. The molecule has 1 heterocycles. The van der Waals surface area contributed by atoms with Crippen molar-refractivity contribution in [1.29, 1.82) is 0 Å². The summed E-state index contributed by atoms with van der Waals surface area (Å²) in [5, 5.41) is 65.0. The number of nitrogens with one attached hydrogen (secondary N) is 7. The maximum absolute atomic E-state index is 14.2. The molecule has 8 amide bonds. The van der Waals surface area contributed by atoms with Crippen molar-refractivity contribution in [1.82, 2.24) is 42.1 Å². The van der Waals surface area contributed by atoms with E-state index >= 15 is 0 Å². The minimum absolute atomic E-state index is 0.0246. The van der Waals surface area contributed by atoms with Gasteiger partial charge in [-0.15, -0.1) is 0 Å². The molecule has 0 saturated carbocycles. The molecule has 0 spiro atoms. The second-order valence-corrected chi connectivity index (χ2v) is 19.0. The Hall–Kier alpha value is -7.48. The van der Waals surface area contributed by atoms with Gasteiger partial charge in [0.2, 0.25) is 47.3 Å². The quantitative estimate of drug-likeness (QED) is 0.0422. The third-order valence-corrected chi connectivity index (χ3v) is 12.4. The molecule has 3 rings (SSSR count). The Morgan fingerprint density at radius 3 is 1.69 bits per heavy atom. The molecule has 26 heteroatoms. The number of carbonyl (C=O) groups excluding carboxylic acids is 8. The molecule has 1 aliphatic heterocycles. The summed E-state index contributed by atoms with van der Waals surface area (Å²) < 4.78 is 0. The molecule has 1 saturated heterocycles. The fraction of sp³-hybridized carbons (Fsp3) is 0.521. The maximum atomic E-state index is 14.2. The van der Waals surface area contributed by atoms with E-state index in [1.165, 1.54) is 73.8 Å². The summed E-state index contributed by atoms with van der Waals surface area (Å²) in [6.45, 7) is 3.83. The van der Waals surface area contributed by atoms with Crippen molar-refractivity contribution in [2.24, 2.45) is 11.7 Å². The molecule has 0 aliphatic carbocycles. The zero-order valence-corrected chi connectivity index (χ0v) is 42.3. The van der Waals surface area contributed by atoms with Gasteiger partial charge in [-0.1, -0.05) is 38.1 Å². The molecule has 0 aromatic heterocycles. The van der Waals surface area contributed by atoms with E-state index in [2.05, 4.69) is 37.2 Å². The zero-order valence-electron chi connectivity index (χ0n) is 41.5. The highest BCUT2D eigenvalue weighted by Crippen LogP contribution is 2.20. The molecule has 2 aromatic rings. The number of hydrogen-bond acceptors (Lipinski definition) is 15. The number of hydrogen-bond donors (Lipinski definition) is 13. The van der Waals surface area contributed by atoms with Gasteiger partial charge in [-0.2, -0.15) is 11.8 Å². The van der Waals surface area contributed by atoms with Crippen LogP contribution >= 0.6 is 11.8 Å². The summed E-state index contributed by atoms with van der Waals surface area (Å²) in [4.78, 5) is 145. The van der Waals surface area contributed by atoms with Crippen LogP contribution in [0, 0.1) is 5.92 Å². The smallest absolute Gasteiger partial charge is 0.326 e. The number of thioether (sulfide) groups is 1. The van der Waals surface area contributed by atoms with Gasteiger partial charge in [0.25, 0.3) is 0 Å².